The average Bonchev–Trinajstić information content (AvgIpc) is 3.12. The Hall–Kier alpha value is -1.42. The molecule has 2 aromatic heterocycles. The quantitative estimate of drug-likeness (QED) is 0.415. The second kappa shape index (κ2) is 9.68. The molecule has 0 amide bonds. The van der Waals surface area contributed by atoms with E-state index in [1.807, 2.05) is 13.8 Å². The van der Waals surface area contributed by atoms with Gasteiger partial charge in [-0.15, -0.1) is 10.2 Å². The summed E-state index contributed by atoms with van der Waals surface area (Å²) < 4.78 is 39.4. The Morgan fingerprint density at radius 2 is 1.85 bits per heavy atom. The molecule has 2 heterocycles. The monoisotopic (exact) mass is 452 g/mol. The fraction of sp³-hybridized carbons (Fsp3) is 0.250. The van der Waals surface area contributed by atoms with Crippen LogP contribution >= 0.6 is 46.3 Å². The van der Waals surface area contributed by atoms with Gasteiger partial charge in [0.2, 0.25) is 0 Å². The average molecular weight is 453 g/mol. The molecule has 0 aliphatic rings. The van der Waals surface area contributed by atoms with Gasteiger partial charge in [-0.05, 0) is 12.1 Å². The Morgan fingerprint density at radius 1 is 1.11 bits per heavy atom. The zero-order chi connectivity index (χ0) is 20.0. The Bertz CT molecular complexity index is 889. The van der Waals surface area contributed by atoms with E-state index in [4.69, 9.17) is 23.2 Å². The number of hydrogen-bond donors (Lipinski definition) is 0. The minimum atomic E-state index is -4.54. The van der Waals surface area contributed by atoms with Crippen LogP contribution in [0.2, 0.25) is 10.0 Å². The van der Waals surface area contributed by atoms with Gasteiger partial charge in [-0.2, -0.15) is 13.2 Å². The molecule has 0 radical (unpaired) electrons. The van der Waals surface area contributed by atoms with Gasteiger partial charge < -0.3 is 0 Å². The van der Waals surface area contributed by atoms with Crippen LogP contribution in [0.25, 0.3) is 10.7 Å². The maximum absolute atomic E-state index is 12.9. The first kappa shape index (κ1) is 21.9. The molecule has 0 saturated heterocycles. The van der Waals surface area contributed by atoms with E-state index in [0.29, 0.717) is 15.0 Å². The summed E-state index contributed by atoms with van der Waals surface area (Å²) in [4.78, 5) is 8.06. The zero-order valence-electron chi connectivity index (χ0n) is 14.1. The summed E-state index contributed by atoms with van der Waals surface area (Å²) in [6, 6.07) is 2.06. The van der Waals surface area contributed by atoms with Crippen LogP contribution in [0, 0.1) is 0 Å². The number of thioether (sulfide) groups is 1. The van der Waals surface area contributed by atoms with Gasteiger partial charge in [-0.3, -0.25) is 9.97 Å². The summed E-state index contributed by atoms with van der Waals surface area (Å²) in [5.74, 6) is 0.136. The van der Waals surface area contributed by atoms with Crippen LogP contribution in [0.1, 0.15) is 25.0 Å². The van der Waals surface area contributed by atoms with Gasteiger partial charge in [0, 0.05) is 28.7 Å². The second-order valence-electron chi connectivity index (χ2n) is 4.64. The van der Waals surface area contributed by atoms with E-state index in [2.05, 4.69) is 20.2 Å². The van der Waals surface area contributed by atoms with Gasteiger partial charge in [-0.1, -0.05) is 60.1 Å². The van der Waals surface area contributed by atoms with Crippen molar-refractivity contribution in [2.75, 3.05) is 0 Å². The minimum absolute atomic E-state index is 0.136. The third-order valence-corrected chi connectivity index (χ3v) is 5.91. The highest BCUT2D eigenvalue weighted by molar-refractivity contribution is 8.00. The number of halogens is 5. The molecule has 0 unspecified atom stereocenters. The summed E-state index contributed by atoms with van der Waals surface area (Å²) in [6.07, 6.45) is 0.0854. The molecule has 3 aromatic rings. The van der Waals surface area contributed by atoms with Gasteiger partial charge in [0.15, 0.2) is 9.35 Å². The molecule has 0 saturated carbocycles. The molecular weight excluding hydrogens is 440 g/mol. The summed E-state index contributed by atoms with van der Waals surface area (Å²) in [7, 11) is 0. The fourth-order valence-corrected chi connectivity index (χ4v) is 4.49. The first-order valence-corrected chi connectivity index (χ1v) is 10.2. The third kappa shape index (κ3) is 5.54. The lowest BCUT2D eigenvalue weighted by Crippen LogP contribution is -2.07. The Balaban J connectivity index is 0.00000126. The van der Waals surface area contributed by atoms with Crippen LogP contribution < -0.4 is 0 Å². The molecule has 0 bridgehead atoms. The van der Waals surface area contributed by atoms with E-state index in [-0.39, 0.29) is 16.3 Å². The molecule has 3 rings (SSSR count). The number of alkyl halides is 3. The van der Waals surface area contributed by atoms with E-state index in [1.165, 1.54) is 41.6 Å². The molecule has 0 aliphatic heterocycles. The lowest BCUT2D eigenvalue weighted by atomic mass is 10.1. The molecule has 0 spiro atoms. The Morgan fingerprint density at radius 3 is 2.48 bits per heavy atom. The van der Waals surface area contributed by atoms with Crippen LogP contribution in [0.4, 0.5) is 13.2 Å². The van der Waals surface area contributed by atoms with E-state index in [9.17, 15) is 13.2 Å². The smallest absolute Gasteiger partial charge is 0.261 e. The van der Waals surface area contributed by atoms with E-state index in [1.54, 1.807) is 6.20 Å². The van der Waals surface area contributed by atoms with Crippen molar-refractivity contribution in [2.24, 2.45) is 0 Å². The Labute approximate surface area is 172 Å². The van der Waals surface area contributed by atoms with Crippen LogP contribution in [-0.2, 0) is 11.9 Å². The molecule has 0 atom stereocenters. The maximum atomic E-state index is 12.9. The highest BCUT2D eigenvalue weighted by Crippen LogP contribution is 2.41. The first-order valence-electron chi connectivity index (χ1n) is 7.63. The predicted octanol–water partition coefficient (Wildman–Crippen LogP) is 6.64. The third-order valence-electron chi connectivity index (χ3n) is 3.02. The maximum Gasteiger partial charge on any atom is 0.417 e. The van der Waals surface area contributed by atoms with Gasteiger partial charge in [0.25, 0.3) is 0 Å². The molecule has 1 aromatic carbocycles. The summed E-state index contributed by atoms with van der Waals surface area (Å²) >= 11 is 14.4. The van der Waals surface area contributed by atoms with Crippen molar-refractivity contribution >= 4 is 46.3 Å². The van der Waals surface area contributed by atoms with Crippen molar-refractivity contribution in [1.82, 2.24) is 20.2 Å². The van der Waals surface area contributed by atoms with Crippen LogP contribution in [-0.4, -0.2) is 20.2 Å². The van der Waals surface area contributed by atoms with Crippen molar-refractivity contribution in [1.29, 1.82) is 0 Å². The fourth-order valence-electron chi connectivity index (χ4n) is 1.86. The van der Waals surface area contributed by atoms with E-state index in [0.717, 1.165) is 6.07 Å². The lowest BCUT2D eigenvalue weighted by molar-refractivity contribution is -0.137. The van der Waals surface area contributed by atoms with Crippen molar-refractivity contribution in [2.45, 2.75) is 30.1 Å². The summed E-state index contributed by atoms with van der Waals surface area (Å²) in [5, 5.41) is 8.33. The van der Waals surface area contributed by atoms with Gasteiger partial charge >= 0.3 is 6.18 Å². The highest BCUT2D eigenvalue weighted by Gasteiger charge is 2.34. The number of rotatable bonds is 4. The van der Waals surface area contributed by atoms with Crippen molar-refractivity contribution in [3.05, 3.63) is 51.9 Å². The van der Waals surface area contributed by atoms with Crippen molar-refractivity contribution in [3.8, 4) is 10.7 Å². The van der Waals surface area contributed by atoms with Crippen LogP contribution in [0.5, 0.6) is 0 Å². The molecular formula is C16H13Cl2F3N4S2. The predicted molar refractivity (Wildman–Crippen MR) is 103 cm³/mol. The van der Waals surface area contributed by atoms with Gasteiger partial charge in [0.1, 0.15) is 5.69 Å². The summed E-state index contributed by atoms with van der Waals surface area (Å²) in [6.45, 7) is 4.00. The minimum Gasteiger partial charge on any atom is -0.261 e. The molecule has 0 aliphatic carbocycles. The lowest BCUT2D eigenvalue weighted by Gasteiger charge is -2.13. The second-order valence-corrected chi connectivity index (χ2v) is 7.62. The summed E-state index contributed by atoms with van der Waals surface area (Å²) in [5.41, 5.74) is -0.131. The Kier molecular flexibility index (Phi) is 7.84. The van der Waals surface area contributed by atoms with Crippen molar-refractivity contribution in [3.63, 3.8) is 0 Å². The van der Waals surface area contributed by atoms with Crippen LogP contribution in [0.15, 0.2) is 35.1 Å². The molecule has 144 valence electrons. The molecule has 4 nitrogen and oxygen atoms in total. The molecule has 27 heavy (non-hydrogen) atoms. The SMILES string of the molecule is CC.FC(F)(F)c1ccc(Cl)c(CSc2nnc(-c3cnccn3)s2)c1Cl. The van der Waals surface area contributed by atoms with Crippen LogP contribution in [0.3, 0.4) is 0 Å². The number of aromatic nitrogens is 4. The first-order chi connectivity index (χ1) is 12.9. The van der Waals surface area contributed by atoms with Gasteiger partial charge in [0.05, 0.1) is 16.8 Å². The highest BCUT2D eigenvalue weighted by atomic mass is 35.5. The van der Waals surface area contributed by atoms with Crippen molar-refractivity contribution < 1.29 is 13.2 Å². The number of benzene rings is 1. The molecule has 0 fully saturated rings. The number of hydrogen-bond acceptors (Lipinski definition) is 6. The van der Waals surface area contributed by atoms with E-state index >= 15 is 0 Å². The number of nitrogens with zero attached hydrogens (tertiary/aromatic N) is 4. The largest absolute Gasteiger partial charge is 0.417 e. The van der Waals surface area contributed by atoms with Gasteiger partial charge in [-0.25, -0.2) is 0 Å². The van der Waals surface area contributed by atoms with E-state index < -0.39 is 16.8 Å². The normalized spacial score (nSPS) is 11.1. The standard InChI is InChI=1S/C14H7Cl2F3N4S2.C2H6/c15-9-2-1-8(14(17,18)19)11(16)7(9)6-24-13-23-22-12(25-13)10-5-20-3-4-21-10;1-2/h1-5H,6H2;1-2H3. The molecule has 0 N–H and O–H groups in total. The molecule has 11 heteroatoms. The zero-order valence-corrected chi connectivity index (χ0v) is 17.2. The topological polar surface area (TPSA) is 51.6 Å².